The fourth-order valence-electron chi connectivity index (χ4n) is 2.81. The third-order valence-corrected chi connectivity index (χ3v) is 4.32. The Morgan fingerprint density at radius 3 is 2.16 bits per heavy atom. The number of aryl methyl sites for hydroxylation is 1. The molecule has 2 atom stereocenters. The summed E-state index contributed by atoms with van der Waals surface area (Å²) < 4.78 is 9.77. The number of nitrogens with one attached hydrogen (secondary N) is 2. The second kappa shape index (κ2) is 11.3. The molecule has 0 radical (unpaired) electrons. The van der Waals surface area contributed by atoms with Gasteiger partial charge in [0.25, 0.3) is 0 Å². The standard InChI is InChI=1S/C22H33N3O6/c1-8-25(20(28)15(3)24-21(29)31-22(4,5)6)18(16-11-9-14(2)10-12-16)19(27)23-13-17(26)30-7/h9-12,15,18H,8,13H2,1-7H3,(H,23,27)(H,24,29). The van der Waals surface area contributed by atoms with Gasteiger partial charge in [0.1, 0.15) is 24.2 Å². The molecular weight excluding hydrogens is 402 g/mol. The van der Waals surface area contributed by atoms with Crippen molar-refractivity contribution in [3.05, 3.63) is 35.4 Å². The molecule has 172 valence electrons. The molecule has 0 heterocycles. The van der Waals surface area contributed by atoms with Crippen LogP contribution in [0.2, 0.25) is 0 Å². The Hall–Kier alpha value is -3.10. The quantitative estimate of drug-likeness (QED) is 0.605. The van der Waals surface area contributed by atoms with Gasteiger partial charge in [-0.15, -0.1) is 0 Å². The molecular formula is C22H33N3O6. The molecule has 9 nitrogen and oxygen atoms in total. The lowest BCUT2D eigenvalue weighted by molar-refractivity contribution is -0.144. The smallest absolute Gasteiger partial charge is 0.408 e. The molecule has 0 aliphatic carbocycles. The van der Waals surface area contributed by atoms with E-state index in [9.17, 15) is 19.2 Å². The normalized spacial score (nSPS) is 12.9. The summed E-state index contributed by atoms with van der Waals surface area (Å²) in [5.74, 6) is -1.61. The van der Waals surface area contributed by atoms with Gasteiger partial charge in [0.05, 0.1) is 7.11 Å². The SMILES string of the molecule is CCN(C(=O)C(C)NC(=O)OC(C)(C)C)C(C(=O)NCC(=O)OC)c1ccc(C)cc1. The first kappa shape index (κ1) is 25.9. The van der Waals surface area contributed by atoms with E-state index in [1.807, 2.05) is 19.1 Å². The summed E-state index contributed by atoms with van der Waals surface area (Å²) in [6.45, 7) is 10.2. The van der Waals surface area contributed by atoms with Crippen LogP contribution in [0.15, 0.2) is 24.3 Å². The third kappa shape index (κ3) is 8.27. The molecule has 2 unspecified atom stereocenters. The summed E-state index contributed by atoms with van der Waals surface area (Å²) in [4.78, 5) is 51.0. The van der Waals surface area contributed by atoms with Crippen molar-refractivity contribution in [2.24, 2.45) is 0 Å². The topological polar surface area (TPSA) is 114 Å². The van der Waals surface area contributed by atoms with Crippen LogP contribution in [-0.4, -0.2) is 60.6 Å². The zero-order valence-electron chi connectivity index (χ0n) is 19.3. The third-order valence-electron chi connectivity index (χ3n) is 4.32. The molecule has 0 fully saturated rings. The Morgan fingerprint density at radius 1 is 1.10 bits per heavy atom. The van der Waals surface area contributed by atoms with Gasteiger partial charge in [-0.25, -0.2) is 4.79 Å². The largest absolute Gasteiger partial charge is 0.468 e. The number of alkyl carbamates (subject to hydrolysis) is 1. The minimum atomic E-state index is -0.995. The van der Waals surface area contributed by atoms with Crippen LogP contribution in [0.3, 0.4) is 0 Å². The lowest BCUT2D eigenvalue weighted by Gasteiger charge is -2.32. The van der Waals surface area contributed by atoms with Gasteiger partial charge in [0.15, 0.2) is 0 Å². The molecule has 31 heavy (non-hydrogen) atoms. The van der Waals surface area contributed by atoms with Crippen LogP contribution in [0.5, 0.6) is 0 Å². The Bertz CT molecular complexity index is 785. The number of ether oxygens (including phenoxy) is 2. The van der Waals surface area contributed by atoms with Crippen LogP contribution < -0.4 is 10.6 Å². The van der Waals surface area contributed by atoms with Crippen molar-refractivity contribution < 1.29 is 28.7 Å². The van der Waals surface area contributed by atoms with Crippen molar-refractivity contribution in [3.63, 3.8) is 0 Å². The molecule has 1 aromatic carbocycles. The van der Waals surface area contributed by atoms with E-state index >= 15 is 0 Å². The number of nitrogens with zero attached hydrogens (tertiary/aromatic N) is 1. The average Bonchev–Trinajstić information content (AvgIpc) is 2.68. The Labute approximate surface area is 183 Å². The highest BCUT2D eigenvalue weighted by Gasteiger charge is 2.33. The molecule has 9 heteroatoms. The number of esters is 1. The number of rotatable bonds is 8. The second-order valence-electron chi connectivity index (χ2n) is 8.10. The molecule has 0 aromatic heterocycles. The number of hydrogen-bond donors (Lipinski definition) is 2. The Morgan fingerprint density at radius 2 is 1.68 bits per heavy atom. The average molecular weight is 436 g/mol. The van der Waals surface area contributed by atoms with E-state index in [0.717, 1.165) is 5.56 Å². The zero-order chi connectivity index (χ0) is 23.8. The molecule has 1 rings (SSSR count). The van der Waals surface area contributed by atoms with Crippen LogP contribution in [-0.2, 0) is 23.9 Å². The summed E-state index contributed by atoms with van der Waals surface area (Å²) in [5.41, 5.74) is 0.856. The van der Waals surface area contributed by atoms with Crippen LogP contribution in [0.4, 0.5) is 4.79 Å². The van der Waals surface area contributed by atoms with Gasteiger partial charge in [-0.3, -0.25) is 14.4 Å². The number of likely N-dealkylation sites (N-methyl/N-ethyl adjacent to an activating group) is 1. The van der Waals surface area contributed by atoms with Gasteiger partial charge in [0.2, 0.25) is 11.8 Å². The van der Waals surface area contributed by atoms with Crippen LogP contribution in [0.25, 0.3) is 0 Å². The lowest BCUT2D eigenvalue weighted by Crippen LogP contribution is -2.52. The fourth-order valence-corrected chi connectivity index (χ4v) is 2.81. The summed E-state index contributed by atoms with van der Waals surface area (Å²) in [6, 6.07) is 5.23. The van der Waals surface area contributed by atoms with Gasteiger partial charge in [0, 0.05) is 6.54 Å². The molecule has 1 aromatic rings. The van der Waals surface area contributed by atoms with Crippen LogP contribution in [0.1, 0.15) is 51.8 Å². The number of carbonyl (C=O) groups is 4. The van der Waals surface area contributed by atoms with Gasteiger partial charge in [-0.1, -0.05) is 29.8 Å². The van der Waals surface area contributed by atoms with E-state index in [2.05, 4.69) is 15.4 Å². The zero-order valence-corrected chi connectivity index (χ0v) is 19.3. The highest BCUT2D eigenvalue weighted by Crippen LogP contribution is 2.23. The summed E-state index contributed by atoms with van der Waals surface area (Å²) in [6.07, 6.45) is -0.730. The first-order valence-electron chi connectivity index (χ1n) is 10.1. The maximum absolute atomic E-state index is 13.1. The van der Waals surface area contributed by atoms with Crippen molar-refractivity contribution in [3.8, 4) is 0 Å². The van der Waals surface area contributed by atoms with Crippen molar-refractivity contribution in [1.82, 2.24) is 15.5 Å². The minimum Gasteiger partial charge on any atom is -0.468 e. The molecule has 3 amide bonds. The maximum Gasteiger partial charge on any atom is 0.408 e. The molecule has 0 bridgehead atoms. The molecule has 0 aliphatic heterocycles. The number of methoxy groups -OCH3 is 1. The molecule has 0 spiro atoms. The molecule has 0 aliphatic rings. The lowest BCUT2D eigenvalue weighted by atomic mass is 10.0. The van der Waals surface area contributed by atoms with E-state index in [-0.39, 0.29) is 13.1 Å². The predicted molar refractivity (Wildman–Crippen MR) is 115 cm³/mol. The minimum absolute atomic E-state index is 0.198. The van der Waals surface area contributed by atoms with Crippen molar-refractivity contribution >= 4 is 23.9 Å². The van der Waals surface area contributed by atoms with Gasteiger partial charge in [-0.2, -0.15) is 0 Å². The molecule has 0 saturated heterocycles. The second-order valence-corrected chi connectivity index (χ2v) is 8.10. The Kier molecular flexibility index (Phi) is 9.48. The number of amides is 3. The maximum atomic E-state index is 13.1. The summed E-state index contributed by atoms with van der Waals surface area (Å²) >= 11 is 0. The summed E-state index contributed by atoms with van der Waals surface area (Å²) in [5, 5.41) is 5.01. The van der Waals surface area contributed by atoms with E-state index < -0.39 is 41.6 Å². The summed E-state index contributed by atoms with van der Waals surface area (Å²) in [7, 11) is 1.22. The van der Waals surface area contributed by atoms with Gasteiger partial charge in [-0.05, 0) is 47.1 Å². The highest BCUT2D eigenvalue weighted by molar-refractivity contribution is 5.93. The Balaban J connectivity index is 3.13. The molecule has 2 N–H and O–H groups in total. The predicted octanol–water partition coefficient (Wildman–Crippen LogP) is 2.09. The monoisotopic (exact) mass is 435 g/mol. The van der Waals surface area contributed by atoms with E-state index in [4.69, 9.17) is 4.74 Å². The van der Waals surface area contributed by atoms with E-state index in [1.54, 1.807) is 39.8 Å². The highest BCUT2D eigenvalue weighted by atomic mass is 16.6. The fraction of sp³-hybridized carbons (Fsp3) is 0.545. The first-order chi connectivity index (χ1) is 14.4. The number of benzene rings is 1. The van der Waals surface area contributed by atoms with E-state index in [1.165, 1.54) is 18.9 Å². The van der Waals surface area contributed by atoms with Crippen LogP contribution in [0, 0.1) is 6.92 Å². The van der Waals surface area contributed by atoms with Crippen LogP contribution >= 0.6 is 0 Å². The van der Waals surface area contributed by atoms with Crippen molar-refractivity contribution in [2.45, 2.75) is 59.2 Å². The number of carbonyl (C=O) groups excluding carboxylic acids is 4. The number of hydrogen-bond acceptors (Lipinski definition) is 6. The molecule has 0 saturated carbocycles. The first-order valence-corrected chi connectivity index (χ1v) is 10.1. The van der Waals surface area contributed by atoms with Crippen molar-refractivity contribution in [2.75, 3.05) is 20.2 Å². The van der Waals surface area contributed by atoms with Gasteiger partial charge >= 0.3 is 12.1 Å². The van der Waals surface area contributed by atoms with Crippen molar-refractivity contribution in [1.29, 1.82) is 0 Å². The van der Waals surface area contributed by atoms with Gasteiger partial charge < -0.3 is 25.0 Å². The van der Waals surface area contributed by atoms with E-state index in [0.29, 0.717) is 5.56 Å².